The summed E-state index contributed by atoms with van der Waals surface area (Å²) < 4.78 is 0. The number of likely N-dealkylation sites (tertiary alicyclic amines) is 2. The highest BCUT2D eigenvalue weighted by Gasteiger charge is 2.42. The van der Waals surface area contributed by atoms with Gasteiger partial charge in [-0.15, -0.1) is 0 Å². The molecule has 10 atom stereocenters. The molecule has 2 heterocycles. The number of benzene rings is 1. The van der Waals surface area contributed by atoms with Crippen LogP contribution >= 0.6 is 0 Å². The maximum absolute atomic E-state index is 14.7. The minimum Gasteiger partial charge on any atom is -0.481 e. The van der Waals surface area contributed by atoms with Crippen LogP contribution in [-0.2, 0) is 83.1 Å². The van der Waals surface area contributed by atoms with Gasteiger partial charge < -0.3 is 119 Å². The van der Waals surface area contributed by atoms with Gasteiger partial charge in [-0.2, -0.15) is 0 Å². The molecular weight excluding hydrogens is 1340 g/mol. The number of nitrogens with zero attached hydrogens (tertiary/aromatic N) is 4. The van der Waals surface area contributed by atoms with Crippen LogP contribution in [0.1, 0.15) is 122 Å². The van der Waals surface area contributed by atoms with E-state index in [4.69, 9.17) is 45.9 Å². The van der Waals surface area contributed by atoms with Crippen LogP contribution in [0, 0.1) is 5.92 Å². The Morgan fingerprint density at radius 1 is 0.500 bits per heavy atom. The molecule has 14 amide bonds. The van der Waals surface area contributed by atoms with Crippen molar-refractivity contribution in [3.8, 4) is 0 Å². The van der Waals surface area contributed by atoms with Crippen LogP contribution in [0.4, 0.5) is 0 Å². The van der Waals surface area contributed by atoms with Gasteiger partial charge in [-0.05, 0) is 101 Å². The van der Waals surface area contributed by atoms with Crippen molar-refractivity contribution in [3.63, 3.8) is 0 Å². The molecular formula is C62H100N22O18. The van der Waals surface area contributed by atoms with Crippen LogP contribution in [0.5, 0.6) is 0 Å². The van der Waals surface area contributed by atoms with Gasteiger partial charge >= 0.3 is 11.9 Å². The van der Waals surface area contributed by atoms with Gasteiger partial charge in [0.15, 0.2) is 11.9 Å². The molecule has 0 radical (unpaired) electrons. The first kappa shape index (κ1) is 85.4. The molecule has 40 heteroatoms. The van der Waals surface area contributed by atoms with Gasteiger partial charge in [-0.1, -0.05) is 44.2 Å². The summed E-state index contributed by atoms with van der Waals surface area (Å²) in [5.74, 6) is -16.6. The van der Waals surface area contributed by atoms with Crippen molar-refractivity contribution in [1.29, 1.82) is 0 Å². The highest BCUT2D eigenvalue weighted by molar-refractivity contribution is 6.00. The Balaban J connectivity index is 1.81. The quantitative estimate of drug-likeness (QED) is 0.0164. The third-order valence-corrected chi connectivity index (χ3v) is 16.2. The maximum atomic E-state index is 14.7. The average Bonchev–Trinajstić information content (AvgIpc) is 1.60. The minimum atomic E-state index is -1.97. The summed E-state index contributed by atoms with van der Waals surface area (Å²) in [5, 5.41) is 43.6. The second-order valence-electron chi connectivity index (χ2n) is 24.7. The summed E-state index contributed by atoms with van der Waals surface area (Å²) in [5.41, 5.74) is 44.7. The van der Waals surface area contributed by atoms with Crippen molar-refractivity contribution in [2.45, 2.75) is 183 Å². The lowest BCUT2D eigenvalue weighted by atomic mass is 10.00. The predicted molar refractivity (Wildman–Crippen MR) is 364 cm³/mol. The Labute approximate surface area is 588 Å². The zero-order valence-electron chi connectivity index (χ0n) is 57.2. The Bertz CT molecular complexity index is 3170. The lowest BCUT2D eigenvalue weighted by Gasteiger charge is -2.31. The smallest absolute Gasteiger partial charge is 0.326 e. The van der Waals surface area contributed by atoms with Gasteiger partial charge in [0.1, 0.15) is 54.4 Å². The lowest BCUT2D eigenvalue weighted by molar-refractivity contribution is -0.143. The van der Waals surface area contributed by atoms with Crippen LogP contribution in [0.3, 0.4) is 0 Å². The summed E-state index contributed by atoms with van der Waals surface area (Å²) >= 11 is 0. The van der Waals surface area contributed by atoms with Gasteiger partial charge in [-0.25, -0.2) is 4.79 Å². The van der Waals surface area contributed by atoms with E-state index in [0.29, 0.717) is 24.8 Å². The normalized spacial score (nSPS) is 16.2. The molecule has 2 fully saturated rings. The highest BCUT2D eigenvalue weighted by atomic mass is 16.4. The number of nitrogens with one attached hydrogen (secondary N) is 10. The van der Waals surface area contributed by atoms with Crippen molar-refractivity contribution < 1.29 is 86.9 Å². The zero-order valence-corrected chi connectivity index (χ0v) is 57.2. The second kappa shape index (κ2) is 44.4. The number of hydrogen-bond acceptors (Lipinski definition) is 20. The number of carboxylic acids is 2. The number of guanidine groups is 2. The fraction of sp³-hybridized carbons (Fsp3) is 0.613. The zero-order chi connectivity index (χ0) is 76.2. The van der Waals surface area contributed by atoms with E-state index in [9.17, 15) is 86.9 Å². The number of nitrogens with two attached hydrogens (primary N) is 8. The fourth-order valence-electron chi connectivity index (χ4n) is 10.9. The van der Waals surface area contributed by atoms with E-state index in [2.05, 4.69) is 63.2 Å². The first-order chi connectivity index (χ1) is 48.2. The summed E-state index contributed by atoms with van der Waals surface area (Å²) in [6.45, 7) is 1.47. The molecule has 1 aromatic rings. The van der Waals surface area contributed by atoms with Gasteiger partial charge in [0.05, 0.1) is 32.1 Å². The molecule has 0 unspecified atom stereocenters. The van der Waals surface area contributed by atoms with Crippen LogP contribution in [0.2, 0.25) is 0 Å². The molecule has 3 rings (SSSR count). The van der Waals surface area contributed by atoms with Gasteiger partial charge in [0, 0.05) is 45.4 Å². The van der Waals surface area contributed by atoms with Gasteiger partial charge in [0.25, 0.3) is 0 Å². The fourth-order valence-corrected chi connectivity index (χ4v) is 10.9. The number of amides is 14. The number of carboxylic acid groups (broad SMARTS) is 2. The molecule has 566 valence electrons. The number of aliphatic imine (C=N–C) groups is 2. The molecule has 2 saturated heterocycles. The first-order valence-corrected chi connectivity index (χ1v) is 33.4. The minimum absolute atomic E-state index is 0.0122. The largest absolute Gasteiger partial charge is 0.481 e. The average molecular weight is 1440 g/mol. The van der Waals surface area contributed by atoms with Crippen molar-refractivity contribution >= 4 is 107 Å². The topological polar surface area (TPSA) is 673 Å². The Kier molecular flexibility index (Phi) is 37.1. The van der Waals surface area contributed by atoms with Crippen molar-refractivity contribution in [2.75, 3.05) is 52.4 Å². The molecule has 0 aromatic heterocycles. The highest BCUT2D eigenvalue weighted by Crippen LogP contribution is 2.23. The Morgan fingerprint density at radius 2 is 0.971 bits per heavy atom. The van der Waals surface area contributed by atoms with Crippen LogP contribution in [0.15, 0.2) is 40.3 Å². The summed E-state index contributed by atoms with van der Waals surface area (Å²) in [6, 6.07) is -5.80. The Morgan fingerprint density at radius 3 is 1.50 bits per heavy atom. The number of carbonyl (C=O) groups is 16. The number of rotatable bonds is 46. The van der Waals surface area contributed by atoms with Gasteiger partial charge in [0.2, 0.25) is 82.7 Å². The van der Waals surface area contributed by atoms with Crippen LogP contribution in [0.25, 0.3) is 0 Å². The molecule has 0 aliphatic carbocycles. The predicted octanol–water partition coefficient (Wildman–Crippen LogP) is -8.74. The number of hydrogen-bond donors (Lipinski definition) is 20. The first-order valence-electron chi connectivity index (χ1n) is 33.4. The van der Waals surface area contributed by atoms with E-state index >= 15 is 0 Å². The van der Waals surface area contributed by atoms with E-state index in [1.807, 2.05) is 0 Å². The maximum Gasteiger partial charge on any atom is 0.326 e. The van der Waals surface area contributed by atoms with Crippen molar-refractivity contribution in [3.05, 3.63) is 35.9 Å². The van der Waals surface area contributed by atoms with Crippen LogP contribution in [-0.4, -0.2) is 239 Å². The summed E-state index contributed by atoms with van der Waals surface area (Å²) in [6.07, 6.45) is -0.886. The number of unbranched alkanes of at least 4 members (excludes halogenated alkanes) is 1. The molecule has 40 nitrogen and oxygen atoms in total. The van der Waals surface area contributed by atoms with E-state index in [-0.39, 0.29) is 115 Å². The third-order valence-electron chi connectivity index (χ3n) is 16.2. The molecule has 0 bridgehead atoms. The van der Waals surface area contributed by atoms with Crippen LogP contribution < -0.4 is 99.0 Å². The van der Waals surface area contributed by atoms with E-state index < -0.39 is 200 Å². The van der Waals surface area contributed by atoms with Crippen molar-refractivity contribution in [2.24, 2.45) is 61.8 Å². The number of primary amides is 2. The SMILES string of the molecule is CC(C)[C@H](NC(=O)[C@H](CC(=O)O)NC(=O)[C@H](CCC(N)=O)NC(=O)[C@@H]1CCCN1C(=O)[C@H](CCCN=C(N)N)NC(=O)[C@@H](N)CCCN=C(N)N)C(=O)N[C@@H](CCCCN)C(=O)N[C@@H](Cc1ccccc1)C(=O)N1CCC[C@H]1C(=O)NCC(=O)NCC(=O)NCC(=O)N[C@@H](CCC(N)=O)C(=O)O. The monoisotopic (exact) mass is 1440 g/mol. The molecule has 102 heavy (non-hydrogen) atoms. The molecule has 0 spiro atoms. The summed E-state index contributed by atoms with van der Waals surface area (Å²) in [4.78, 5) is 222. The van der Waals surface area contributed by atoms with E-state index in [1.54, 1.807) is 30.3 Å². The number of carbonyl (C=O) groups excluding carboxylic acids is 14. The van der Waals surface area contributed by atoms with Crippen molar-refractivity contribution in [1.82, 2.24) is 63.0 Å². The third kappa shape index (κ3) is 31.2. The van der Waals surface area contributed by atoms with E-state index in [1.165, 1.54) is 23.6 Å². The van der Waals surface area contributed by atoms with Gasteiger partial charge in [-0.3, -0.25) is 81.9 Å². The summed E-state index contributed by atoms with van der Waals surface area (Å²) in [7, 11) is 0. The lowest BCUT2D eigenvalue weighted by Crippen LogP contribution is -2.61. The Hall–Kier alpha value is -10.8. The molecule has 2 aliphatic rings. The molecule has 28 N–H and O–H groups in total. The second-order valence-corrected chi connectivity index (χ2v) is 24.7. The standard InChI is InChI=1S/C62H100N22O18/c1-33(2)50(82-54(95)40(29-49(90)91)80-53(94)37(19-21-44(65)85)77-56(97)43-18-11-27-84(43)58(99)38(16-9-25-72-62(69)70)79-51(92)35(64)14-8-24-71-61(67)68)57(98)78-36(15-6-7-23-63)52(93)81-41(28-34-12-4-3-5-13-34)59(100)83-26-10-17-42(83)55(96)75-31-47(88)73-30-46(87)74-32-48(89)76-39(60(101)102)20-22-45(66)86/h3-5,12-13,33,35-43,50H,6-11,14-32,63-64H2,1-2H3,(H2,65,85)(H2,66,86)(H,73,88)(H,74,87)(H,75,96)(H,76,89)(H,77,97)(H,78,98)(H,79,92)(H,80,94)(H,81,93)(H,82,95)(H,90,91)(H,101,102)(H4,67,68,71)(H4,69,70,72)/t35-,36-,37-,38-,39-,40-,41-,42-,43-,50-/m0/s1. The van der Waals surface area contributed by atoms with E-state index in [0.717, 1.165) is 0 Å². The molecule has 2 aliphatic heterocycles. The number of aliphatic carboxylic acids is 2. The molecule has 1 aromatic carbocycles. The molecule has 0 saturated carbocycles.